The number of hydrogen-bond acceptors (Lipinski definition) is 6. The van der Waals surface area contributed by atoms with Crippen LogP contribution in [0.1, 0.15) is 18.9 Å². The van der Waals surface area contributed by atoms with Gasteiger partial charge in [-0.15, -0.1) is 0 Å². The quantitative estimate of drug-likeness (QED) is 0.263. The molecule has 1 unspecified atom stereocenters. The fraction of sp³-hybridized carbons (Fsp3) is 0.240. The molecule has 1 atom stereocenters. The van der Waals surface area contributed by atoms with Gasteiger partial charge in [0.1, 0.15) is 0 Å². The Labute approximate surface area is 181 Å². The second kappa shape index (κ2) is 10.1. The van der Waals surface area contributed by atoms with E-state index in [4.69, 9.17) is 19.2 Å². The maximum absolute atomic E-state index is 11.5. The summed E-state index contributed by atoms with van der Waals surface area (Å²) >= 11 is 0. The van der Waals surface area contributed by atoms with Crippen LogP contribution in [0.5, 0.6) is 11.5 Å². The van der Waals surface area contributed by atoms with Gasteiger partial charge in [-0.2, -0.15) is 4.89 Å². The Hall–Kier alpha value is -3.35. The number of anilines is 2. The molecule has 0 saturated carbocycles. The molecule has 0 radical (unpaired) electrons. The normalized spacial score (nSPS) is 13.0. The van der Waals surface area contributed by atoms with Crippen LogP contribution >= 0.6 is 0 Å². The van der Waals surface area contributed by atoms with Gasteiger partial charge in [0.25, 0.3) is 0 Å². The standard InChI is InChI=1S/C25H25NO5/c1-2-24(27)30-31-25(18-19-10-4-3-5-11-19)28-17-16-26-20-12-6-8-14-22(20)29-23-15-9-7-13-21(23)26/h3-15,25H,2,16-18H2,1H3. The zero-order valence-corrected chi connectivity index (χ0v) is 17.4. The summed E-state index contributed by atoms with van der Waals surface area (Å²) in [5, 5.41) is 0. The Bertz CT molecular complexity index is 962. The van der Waals surface area contributed by atoms with Crippen molar-refractivity contribution in [2.75, 3.05) is 18.1 Å². The van der Waals surface area contributed by atoms with Gasteiger partial charge >= 0.3 is 5.97 Å². The lowest BCUT2D eigenvalue weighted by Crippen LogP contribution is -2.29. The lowest BCUT2D eigenvalue weighted by Gasteiger charge is -2.32. The minimum absolute atomic E-state index is 0.236. The number of benzene rings is 3. The molecule has 0 saturated heterocycles. The zero-order valence-electron chi connectivity index (χ0n) is 17.4. The smallest absolute Gasteiger partial charge is 0.342 e. The molecule has 1 aliphatic heterocycles. The topological polar surface area (TPSA) is 57.2 Å². The summed E-state index contributed by atoms with van der Waals surface area (Å²) in [4.78, 5) is 23.9. The molecule has 0 amide bonds. The highest BCUT2D eigenvalue weighted by Gasteiger charge is 2.24. The van der Waals surface area contributed by atoms with Crippen molar-refractivity contribution < 1.29 is 24.0 Å². The molecule has 4 rings (SSSR count). The first kappa shape index (κ1) is 20.9. The van der Waals surface area contributed by atoms with E-state index in [1.165, 1.54) is 0 Å². The molecule has 1 aliphatic rings. The first-order chi connectivity index (χ1) is 15.2. The molecule has 6 nitrogen and oxygen atoms in total. The number of carbonyl (C=O) groups is 1. The number of carbonyl (C=O) groups excluding carboxylic acids is 1. The average molecular weight is 419 g/mol. The Morgan fingerprint density at radius 2 is 1.52 bits per heavy atom. The molecule has 0 aliphatic carbocycles. The summed E-state index contributed by atoms with van der Waals surface area (Å²) in [5.41, 5.74) is 2.98. The number of rotatable bonds is 9. The summed E-state index contributed by atoms with van der Waals surface area (Å²) in [5.74, 6) is 1.17. The predicted molar refractivity (Wildman–Crippen MR) is 117 cm³/mol. The molecule has 0 spiro atoms. The Balaban J connectivity index is 1.45. The molecule has 3 aromatic rings. The van der Waals surface area contributed by atoms with E-state index in [2.05, 4.69) is 4.90 Å². The molecule has 0 fully saturated rings. The van der Waals surface area contributed by atoms with Crippen molar-refractivity contribution in [3.63, 3.8) is 0 Å². The van der Waals surface area contributed by atoms with E-state index in [1.54, 1.807) is 6.92 Å². The molecular formula is C25H25NO5. The van der Waals surface area contributed by atoms with Crippen LogP contribution in [0.25, 0.3) is 0 Å². The molecule has 0 aromatic heterocycles. The average Bonchev–Trinajstić information content (AvgIpc) is 2.82. The lowest BCUT2D eigenvalue weighted by molar-refractivity contribution is -0.351. The van der Waals surface area contributed by atoms with Crippen molar-refractivity contribution >= 4 is 17.3 Å². The van der Waals surface area contributed by atoms with Gasteiger partial charge in [-0.25, -0.2) is 4.79 Å². The summed E-state index contributed by atoms with van der Waals surface area (Å²) in [7, 11) is 0. The number of fused-ring (bicyclic) bond motifs is 2. The highest BCUT2D eigenvalue weighted by molar-refractivity contribution is 5.77. The summed E-state index contributed by atoms with van der Waals surface area (Å²) in [6.07, 6.45) is -0.00233. The van der Waals surface area contributed by atoms with Gasteiger partial charge in [0.2, 0.25) is 6.29 Å². The van der Waals surface area contributed by atoms with Crippen molar-refractivity contribution in [1.29, 1.82) is 0 Å². The van der Waals surface area contributed by atoms with E-state index < -0.39 is 12.3 Å². The second-order valence-electron chi connectivity index (χ2n) is 7.08. The fourth-order valence-corrected chi connectivity index (χ4v) is 3.39. The largest absolute Gasteiger partial charge is 0.453 e. The molecule has 3 aromatic carbocycles. The predicted octanol–water partition coefficient (Wildman–Crippen LogP) is 5.40. The third kappa shape index (κ3) is 5.23. The molecule has 0 N–H and O–H groups in total. The highest BCUT2D eigenvalue weighted by atomic mass is 17.2. The monoisotopic (exact) mass is 419 g/mol. The molecular weight excluding hydrogens is 394 g/mol. The summed E-state index contributed by atoms with van der Waals surface area (Å²) in [6.45, 7) is 2.66. The first-order valence-electron chi connectivity index (χ1n) is 10.4. The minimum Gasteiger partial charge on any atom is -0.453 e. The maximum Gasteiger partial charge on any atom is 0.342 e. The summed E-state index contributed by atoms with van der Waals surface area (Å²) in [6, 6.07) is 25.6. The summed E-state index contributed by atoms with van der Waals surface area (Å²) < 4.78 is 12.0. The van der Waals surface area contributed by atoms with E-state index in [-0.39, 0.29) is 6.42 Å². The van der Waals surface area contributed by atoms with Gasteiger partial charge in [-0.1, -0.05) is 61.5 Å². The van der Waals surface area contributed by atoms with Gasteiger partial charge in [0.05, 0.1) is 18.0 Å². The van der Waals surface area contributed by atoms with Crippen LogP contribution < -0.4 is 9.64 Å². The minimum atomic E-state index is -0.704. The van der Waals surface area contributed by atoms with Crippen LogP contribution in [0.15, 0.2) is 78.9 Å². The van der Waals surface area contributed by atoms with Crippen LogP contribution in [0, 0.1) is 0 Å². The van der Waals surface area contributed by atoms with Crippen LogP contribution in [0.4, 0.5) is 11.4 Å². The van der Waals surface area contributed by atoms with E-state index >= 15 is 0 Å². The van der Waals surface area contributed by atoms with Gasteiger partial charge in [0.15, 0.2) is 11.5 Å². The van der Waals surface area contributed by atoms with Crippen LogP contribution in [-0.2, 0) is 25.7 Å². The number of ether oxygens (including phenoxy) is 2. The SMILES string of the molecule is CCC(=O)OOC(Cc1ccccc1)OCCN1c2ccccc2Oc2ccccc21. The Morgan fingerprint density at radius 1 is 0.903 bits per heavy atom. The first-order valence-corrected chi connectivity index (χ1v) is 10.4. The number of nitrogens with zero attached hydrogens (tertiary/aromatic N) is 1. The van der Waals surface area contributed by atoms with E-state index in [0.717, 1.165) is 28.4 Å². The fourth-order valence-electron chi connectivity index (χ4n) is 3.39. The van der Waals surface area contributed by atoms with Crippen molar-refractivity contribution in [1.82, 2.24) is 0 Å². The van der Waals surface area contributed by atoms with Gasteiger partial charge < -0.3 is 14.4 Å². The highest BCUT2D eigenvalue weighted by Crippen LogP contribution is 2.45. The van der Waals surface area contributed by atoms with E-state index in [9.17, 15) is 4.79 Å². The van der Waals surface area contributed by atoms with Gasteiger partial charge in [-0.05, 0) is 29.8 Å². The molecule has 160 valence electrons. The Morgan fingerprint density at radius 3 is 2.16 bits per heavy atom. The third-order valence-corrected chi connectivity index (χ3v) is 4.93. The lowest BCUT2D eigenvalue weighted by atomic mass is 10.1. The van der Waals surface area contributed by atoms with E-state index in [0.29, 0.717) is 19.6 Å². The number of hydrogen-bond donors (Lipinski definition) is 0. The van der Waals surface area contributed by atoms with Crippen molar-refractivity contribution in [3.8, 4) is 11.5 Å². The van der Waals surface area contributed by atoms with Crippen molar-refractivity contribution in [2.45, 2.75) is 26.1 Å². The van der Waals surface area contributed by atoms with Gasteiger partial charge in [0, 0.05) is 19.4 Å². The van der Waals surface area contributed by atoms with Crippen LogP contribution in [-0.4, -0.2) is 25.4 Å². The molecule has 6 heteroatoms. The van der Waals surface area contributed by atoms with Crippen molar-refractivity contribution in [3.05, 3.63) is 84.4 Å². The Kier molecular flexibility index (Phi) is 6.82. The molecule has 31 heavy (non-hydrogen) atoms. The molecule has 1 heterocycles. The zero-order chi connectivity index (χ0) is 21.5. The van der Waals surface area contributed by atoms with Crippen molar-refractivity contribution in [2.24, 2.45) is 0 Å². The number of para-hydroxylation sites is 4. The van der Waals surface area contributed by atoms with E-state index in [1.807, 2.05) is 78.9 Å². The second-order valence-corrected chi connectivity index (χ2v) is 7.08. The van der Waals surface area contributed by atoms with Crippen LogP contribution in [0.2, 0.25) is 0 Å². The van der Waals surface area contributed by atoms with Crippen LogP contribution in [0.3, 0.4) is 0 Å². The third-order valence-electron chi connectivity index (χ3n) is 4.93. The van der Waals surface area contributed by atoms with Gasteiger partial charge in [-0.3, -0.25) is 4.89 Å². The maximum atomic E-state index is 11.5. The molecule has 0 bridgehead atoms.